The van der Waals surface area contributed by atoms with E-state index in [1.807, 2.05) is 13.8 Å². The van der Waals surface area contributed by atoms with Crippen LogP contribution >= 0.6 is 11.6 Å². The highest BCUT2D eigenvalue weighted by molar-refractivity contribution is 6.33. The molecule has 7 heteroatoms. The second-order valence-corrected chi connectivity index (χ2v) is 6.26. The van der Waals surface area contributed by atoms with Gasteiger partial charge in [0.25, 0.3) is 5.56 Å². The van der Waals surface area contributed by atoms with Gasteiger partial charge in [-0.1, -0.05) is 25.4 Å². The summed E-state index contributed by atoms with van der Waals surface area (Å²) in [5, 5.41) is 9.88. The summed E-state index contributed by atoms with van der Waals surface area (Å²) < 4.78 is 1.41. The Balaban J connectivity index is 1.98. The van der Waals surface area contributed by atoms with Crippen LogP contribution in [0.2, 0.25) is 5.02 Å². The Morgan fingerprint density at radius 2 is 2.24 bits per heavy atom. The van der Waals surface area contributed by atoms with Crippen molar-refractivity contribution in [2.24, 2.45) is 11.8 Å². The van der Waals surface area contributed by atoms with Crippen molar-refractivity contribution >= 4 is 23.2 Å². The minimum Gasteiger partial charge on any atom is -0.370 e. The number of rotatable bonds is 7. The molecule has 1 aromatic heterocycles. The van der Waals surface area contributed by atoms with E-state index in [0.717, 1.165) is 12.8 Å². The first kappa shape index (κ1) is 15.8. The molecule has 2 N–H and O–H groups in total. The molecule has 0 saturated heterocycles. The zero-order valence-electron chi connectivity index (χ0n) is 12.4. The van der Waals surface area contributed by atoms with E-state index < -0.39 is 0 Å². The summed E-state index contributed by atoms with van der Waals surface area (Å²) >= 11 is 5.99. The second-order valence-electron chi connectivity index (χ2n) is 5.85. The Labute approximate surface area is 128 Å². The molecule has 1 fully saturated rings. The normalized spacial score (nSPS) is 14.3. The lowest BCUT2D eigenvalue weighted by Crippen LogP contribution is -2.34. The van der Waals surface area contributed by atoms with E-state index in [-0.39, 0.29) is 28.7 Å². The molecule has 1 amide bonds. The lowest BCUT2D eigenvalue weighted by atomic mass is 10.2. The minimum atomic E-state index is -0.272. The third kappa shape index (κ3) is 4.74. The maximum absolute atomic E-state index is 12.3. The van der Waals surface area contributed by atoms with Crippen molar-refractivity contribution in [1.29, 1.82) is 0 Å². The quantitative estimate of drug-likeness (QED) is 0.800. The fourth-order valence-electron chi connectivity index (χ4n) is 1.85. The molecule has 1 aromatic rings. The minimum absolute atomic E-state index is 0.0229. The van der Waals surface area contributed by atoms with Crippen molar-refractivity contribution in [3.63, 3.8) is 0 Å². The van der Waals surface area contributed by atoms with Gasteiger partial charge >= 0.3 is 0 Å². The van der Waals surface area contributed by atoms with Gasteiger partial charge in [-0.05, 0) is 24.7 Å². The number of anilines is 1. The van der Waals surface area contributed by atoms with Crippen LogP contribution in [-0.2, 0) is 11.3 Å². The fraction of sp³-hybridized carbons (Fsp3) is 0.643. The van der Waals surface area contributed by atoms with Crippen molar-refractivity contribution < 1.29 is 4.79 Å². The van der Waals surface area contributed by atoms with E-state index in [1.165, 1.54) is 10.9 Å². The van der Waals surface area contributed by atoms with Crippen LogP contribution in [0.4, 0.5) is 5.69 Å². The first-order chi connectivity index (χ1) is 9.97. The molecule has 0 bridgehead atoms. The smallest absolute Gasteiger partial charge is 0.291 e. The number of nitrogens with zero attached hydrogens (tertiary/aromatic N) is 2. The molecule has 1 aliphatic carbocycles. The Morgan fingerprint density at radius 3 is 2.86 bits per heavy atom. The largest absolute Gasteiger partial charge is 0.370 e. The van der Waals surface area contributed by atoms with E-state index >= 15 is 0 Å². The summed E-state index contributed by atoms with van der Waals surface area (Å²) in [7, 11) is 0. The maximum Gasteiger partial charge on any atom is 0.291 e. The zero-order chi connectivity index (χ0) is 15.4. The molecule has 0 aromatic carbocycles. The average molecular weight is 313 g/mol. The van der Waals surface area contributed by atoms with Crippen LogP contribution in [0.25, 0.3) is 0 Å². The van der Waals surface area contributed by atoms with E-state index in [2.05, 4.69) is 15.7 Å². The molecule has 0 aliphatic heterocycles. The summed E-state index contributed by atoms with van der Waals surface area (Å²) in [5.74, 6) is 0.762. The number of halogens is 1. The molecule has 2 rings (SSSR count). The summed E-state index contributed by atoms with van der Waals surface area (Å²) in [5.41, 5.74) is -0.0296. The van der Waals surface area contributed by atoms with Gasteiger partial charge in [0.1, 0.15) is 5.69 Å². The highest BCUT2D eigenvalue weighted by Crippen LogP contribution is 2.30. The zero-order valence-corrected chi connectivity index (χ0v) is 13.1. The van der Waals surface area contributed by atoms with E-state index in [9.17, 15) is 9.59 Å². The molecular formula is C14H21ClN4O2. The third-order valence-electron chi connectivity index (χ3n) is 3.26. The van der Waals surface area contributed by atoms with Crippen LogP contribution < -0.4 is 16.2 Å². The van der Waals surface area contributed by atoms with Gasteiger partial charge in [-0.2, -0.15) is 5.10 Å². The number of nitrogens with one attached hydrogen (secondary N) is 2. The lowest BCUT2D eigenvalue weighted by molar-refractivity contribution is -0.119. The Bertz CT molecular complexity index is 567. The van der Waals surface area contributed by atoms with E-state index in [4.69, 9.17) is 11.6 Å². The Kier molecular flexibility index (Phi) is 5.22. The summed E-state index contributed by atoms with van der Waals surface area (Å²) in [6.07, 6.45) is 3.72. The first-order valence-corrected chi connectivity index (χ1v) is 7.61. The highest BCUT2D eigenvalue weighted by Gasteiger charge is 2.23. The van der Waals surface area contributed by atoms with Gasteiger partial charge in [-0.15, -0.1) is 0 Å². The first-order valence-electron chi connectivity index (χ1n) is 7.23. The fourth-order valence-corrected chi connectivity index (χ4v) is 2.04. The summed E-state index contributed by atoms with van der Waals surface area (Å²) in [4.78, 5) is 23.9. The number of hydrogen-bond donors (Lipinski definition) is 2. The topological polar surface area (TPSA) is 76.0 Å². The number of aromatic nitrogens is 2. The molecule has 0 atom stereocenters. The highest BCUT2D eigenvalue weighted by atomic mass is 35.5. The summed E-state index contributed by atoms with van der Waals surface area (Å²) in [6.45, 7) is 5.28. The Hall–Kier alpha value is -1.56. The monoisotopic (exact) mass is 312 g/mol. The average Bonchev–Trinajstić information content (AvgIpc) is 3.23. The molecular weight excluding hydrogens is 292 g/mol. The molecule has 1 heterocycles. The molecule has 0 unspecified atom stereocenters. The van der Waals surface area contributed by atoms with Gasteiger partial charge in [0, 0.05) is 13.1 Å². The molecule has 1 aliphatic rings. The predicted octanol–water partition coefficient (Wildman–Crippen LogP) is 1.49. The van der Waals surface area contributed by atoms with Crippen LogP contribution in [0.3, 0.4) is 0 Å². The number of hydrogen-bond acceptors (Lipinski definition) is 4. The molecule has 6 nitrogen and oxygen atoms in total. The predicted molar refractivity (Wildman–Crippen MR) is 82.6 cm³/mol. The van der Waals surface area contributed by atoms with Crippen molar-refractivity contribution in [3.8, 4) is 0 Å². The van der Waals surface area contributed by atoms with Crippen molar-refractivity contribution in [3.05, 3.63) is 21.6 Å². The van der Waals surface area contributed by atoms with Crippen molar-refractivity contribution in [1.82, 2.24) is 15.1 Å². The van der Waals surface area contributed by atoms with Crippen molar-refractivity contribution in [2.45, 2.75) is 33.2 Å². The van der Waals surface area contributed by atoms with Crippen LogP contribution in [0.1, 0.15) is 26.7 Å². The summed E-state index contributed by atoms with van der Waals surface area (Å²) in [6, 6.07) is 0. The number of amides is 1. The van der Waals surface area contributed by atoms with Gasteiger partial charge in [-0.25, -0.2) is 4.68 Å². The molecule has 1 saturated carbocycles. The Morgan fingerprint density at radius 1 is 1.52 bits per heavy atom. The van der Waals surface area contributed by atoms with Crippen LogP contribution in [0.5, 0.6) is 0 Å². The van der Waals surface area contributed by atoms with Crippen LogP contribution in [-0.4, -0.2) is 28.8 Å². The van der Waals surface area contributed by atoms with E-state index in [1.54, 1.807) is 0 Å². The molecule has 21 heavy (non-hydrogen) atoms. The molecule has 0 radical (unpaired) electrons. The number of carbonyl (C=O) groups excluding carboxylic acids is 1. The van der Waals surface area contributed by atoms with Gasteiger partial charge in [0.05, 0.1) is 17.8 Å². The number of carbonyl (C=O) groups is 1. The van der Waals surface area contributed by atoms with Gasteiger partial charge in [0.2, 0.25) is 5.91 Å². The van der Waals surface area contributed by atoms with E-state index in [0.29, 0.717) is 24.9 Å². The van der Waals surface area contributed by atoms with Gasteiger partial charge < -0.3 is 10.6 Å². The third-order valence-corrected chi connectivity index (χ3v) is 3.55. The van der Waals surface area contributed by atoms with Crippen LogP contribution in [0, 0.1) is 11.8 Å². The van der Waals surface area contributed by atoms with Gasteiger partial charge in [0.15, 0.2) is 0 Å². The van der Waals surface area contributed by atoms with Crippen molar-refractivity contribution in [2.75, 3.05) is 18.4 Å². The lowest BCUT2D eigenvalue weighted by Gasteiger charge is -2.11. The van der Waals surface area contributed by atoms with Crippen LogP contribution in [0.15, 0.2) is 11.0 Å². The molecule has 116 valence electrons. The standard InChI is InChI=1S/C14H21ClN4O2/c1-9(2)5-16-12(20)7-17-13-11(15)6-18-19(14(13)21)8-10-3-4-10/h6,9-10,17H,3-5,7-8H2,1-2H3,(H,16,20). The SMILES string of the molecule is CC(C)CNC(=O)CNc1c(Cl)cnn(CC2CC2)c1=O. The molecule has 0 spiro atoms. The van der Waals surface area contributed by atoms with Gasteiger partial charge in [-0.3, -0.25) is 9.59 Å². The second kappa shape index (κ2) is 6.93. The maximum atomic E-state index is 12.3.